The molecular weight excluding hydrogens is 386 g/mol. The second kappa shape index (κ2) is 9.47. The summed E-state index contributed by atoms with van der Waals surface area (Å²) in [5.41, 5.74) is 0.555. The fourth-order valence-electron chi connectivity index (χ4n) is 3.40. The van der Waals surface area contributed by atoms with E-state index in [1.54, 1.807) is 53.3 Å². The quantitative estimate of drug-likeness (QED) is 0.782. The number of piperazine rings is 1. The van der Waals surface area contributed by atoms with Crippen LogP contribution in [-0.2, 0) is 4.79 Å². The molecule has 0 saturated carbocycles. The molecule has 1 fully saturated rings. The highest BCUT2D eigenvalue weighted by Crippen LogP contribution is 2.17. The fraction of sp³-hybridized carbons (Fsp3) is 0.409. The maximum absolute atomic E-state index is 13.0. The molecule has 1 aliphatic heterocycles. The summed E-state index contributed by atoms with van der Waals surface area (Å²) in [6.07, 6.45) is 1.42. The number of hydrogen-bond acceptors (Lipinski definition) is 5. The summed E-state index contributed by atoms with van der Waals surface area (Å²) in [7, 11) is 1.56. The van der Waals surface area contributed by atoms with Crippen LogP contribution >= 0.6 is 0 Å². The Hall–Kier alpha value is -3.29. The van der Waals surface area contributed by atoms with Crippen LogP contribution in [0.4, 0.5) is 0 Å². The number of furan rings is 1. The van der Waals surface area contributed by atoms with Crippen LogP contribution in [0.25, 0.3) is 0 Å². The van der Waals surface area contributed by atoms with Crippen molar-refractivity contribution in [2.24, 2.45) is 5.92 Å². The van der Waals surface area contributed by atoms with Crippen molar-refractivity contribution < 1.29 is 23.5 Å². The van der Waals surface area contributed by atoms with E-state index in [-0.39, 0.29) is 23.5 Å². The van der Waals surface area contributed by atoms with E-state index in [9.17, 15) is 14.4 Å². The van der Waals surface area contributed by atoms with Gasteiger partial charge in [-0.25, -0.2) is 0 Å². The number of nitrogens with one attached hydrogen (secondary N) is 1. The topological polar surface area (TPSA) is 92.1 Å². The van der Waals surface area contributed by atoms with E-state index in [0.717, 1.165) is 0 Å². The molecule has 1 aliphatic rings. The van der Waals surface area contributed by atoms with Gasteiger partial charge >= 0.3 is 0 Å². The average molecular weight is 413 g/mol. The van der Waals surface area contributed by atoms with Gasteiger partial charge in [0.2, 0.25) is 5.91 Å². The Morgan fingerprint density at radius 2 is 1.73 bits per heavy atom. The van der Waals surface area contributed by atoms with Crippen molar-refractivity contribution in [1.82, 2.24) is 15.1 Å². The maximum atomic E-state index is 13.0. The van der Waals surface area contributed by atoms with Crippen LogP contribution in [-0.4, -0.2) is 66.9 Å². The first kappa shape index (κ1) is 21.4. The van der Waals surface area contributed by atoms with Gasteiger partial charge in [-0.3, -0.25) is 14.4 Å². The number of carbonyl (C=O) groups excluding carboxylic acids is 3. The van der Waals surface area contributed by atoms with Crippen molar-refractivity contribution in [3.8, 4) is 5.75 Å². The summed E-state index contributed by atoms with van der Waals surface area (Å²) in [5, 5.41) is 2.77. The molecular formula is C22H27N3O5. The number of rotatable bonds is 6. The summed E-state index contributed by atoms with van der Waals surface area (Å²) in [5.74, 6) is 0.0431. The minimum Gasteiger partial charge on any atom is -0.497 e. The molecule has 1 aromatic carbocycles. The third-order valence-electron chi connectivity index (χ3n) is 5.16. The van der Waals surface area contributed by atoms with Crippen molar-refractivity contribution in [2.75, 3.05) is 33.3 Å². The fourth-order valence-corrected chi connectivity index (χ4v) is 3.40. The smallest absolute Gasteiger partial charge is 0.287 e. The number of amides is 3. The number of ether oxygens (including phenoxy) is 1. The Morgan fingerprint density at radius 1 is 1.03 bits per heavy atom. The first-order chi connectivity index (χ1) is 14.4. The van der Waals surface area contributed by atoms with Crippen molar-refractivity contribution in [3.63, 3.8) is 0 Å². The summed E-state index contributed by atoms with van der Waals surface area (Å²) in [4.78, 5) is 41.5. The third-order valence-corrected chi connectivity index (χ3v) is 5.16. The predicted octanol–water partition coefficient (Wildman–Crippen LogP) is 2.03. The Morgan fingerprint density at radius 3 is 2.33 bits per heavy atom. The van der Waals surface area contributed by atoms with E-state index in [0.29, 0.717) is 37.5 Å². The molecule has 1 atom stereocenters. The Labute approximate surface area is 175 Å². The summed E-state index contributed by atoms with van der Waals surface area (Å²) in [6.45, 7) is 5.45. The van der Waals surface area contributed by atoms with Gasteiger partial charge in [-0.15, -0.1) is 0 Å². The van der Waals surface area contributed by atoms with Gasteiger partial charge in [0.25, 0.3) is 11.8 Å². The zero-order chi connectivity index (χ0) is 21.7. The number of benzene rings is 1. The molecule has 2 heterocycles. The second-order valence-corrected chi connectivity index (χ2v) is 7.52. The minimum atomic E-state index is -0.664. The molecule has 30 heavy (non-hydrogen) atoms. The van der Waals surface area contributed by atoms with Crippen LogP contribution in [0.1, 0.15) is 34.8 Å². The zero-order valence-corrected chi connectivity index (χ0v) is 17.5. The normalized spacial score (nSPS) is 15.1. The molecule has 1 aromatic heterocycles. The maximum Gasteiger partial charge on any atom is 0.287 e. The minimum absolute atomic E-state index is 0.0899. The summed E-state index contributed by atoms with van der Waals surface area (Å²) < 4.78 is 10.3. The molecule has 160 valence electrons. The molecule has 0 bridgehead atoms. The highest BCUT2D eigenvalue weighted by molar-refractivity contribution is 5.96. The van der Waals surface area contributed by atoms with Gasteiger partial charge in [0.15, 0.2) is 5.76 Å². The van der Waals surface area contributed by atoms with Crippen LogP contribution in [0, 0.1) is 5.92 Å². The first-order valence-electron chi connectivity index (χ1n) is 9.97. The molecule has 8 nitrogen and oxygen atoms in total. The molecule has 1 N–H and O–H groups in total. The second-order valence-electron chi connectivity index (χ2n) is 7.52. The zero-order valence-electron chi connectivity index (χ0n) is 17.5. The predicted molar refractivity (Wildman–Crippen MR) is 110 cm³/mol. The molecule has 1 unspecified atom stereocenters. The van der Waals surface area contributed by atoms with E-state index < -0.39 is 11.9 Å². The molecule has 2 aromatic rings. The monoisotopic (exact) mass is 413 g/mol. The van der Waals surface area contributed by atoms with Crippen LogP contribution in [0.3, 0.4) is 0 Å². The molecule has 0 spiro atoms. The third kappa shape index (κ3) is 4.82. The van der Waals surface area contributed by atoms with Gasteiger partial charge in [-0.2, -0.15) is 0 Å². The number of nitrogens with zero attached hydrogens (tertiary/aromatic N) is 2. The van der Waals surface area contributed by atoms with E-state index in [1.807, 2.05) is 13.8 Å². The van der Waals surface area contributed by atoms with Gasteiger partial charge in [-0.05, 0) is 36.2 Å². The van der Waals surface area contributed by atoms with Gasteiger partial charge in [0.1, 0.15) is 11.8 Å². The van der Waals surface area contributed by atoms with Crippen molar-refractivity contribution in [2.45, 2.75) is 19.9 Å². The van der Waals surface area contributed by atoms with Crippen LogP contribution in [0.2, 0.25) is 0 Å². The molecule has 8 heteroatoms. The standard InChI is InChI=1S/C22H27N3O5/c1-15(2)19(23-20(26)18-8-5-13-30-18)22(28)25-11-9-24(10-12-25)21(27)16-6-4-7-17(14-16)29-3/h4-8,13-15,19H,9-12H2,1-3H3,(H,23,26). The van der Waals surface area contributed by atoms with Gasteiger partial charge in [-0.1, -0.05) is 19.9 Å². The molecule has 1 saturated heterocycles. The molecule has 3 rings (SSSR count). The van der Waals surface area contributed by atoms with Crippen molar-refractivity contribution >= 4 is 17.7 Å². The number of methoxy groups -OCH3 is 1. The van der Waals surface area contributed by atoms with E-state index in [4.69, 9.17) is 9.15 Å². The molecule has 0 radical (unpaired) electrons. The van der Waals surface area contributed by atoms with Gasteiger partial charge < -0.3 is 24.3 Å². The van der Waals surface area contributed by atoms with Gasteiger partial charge in [0.05, 0.1) is 13.4 Å². The van der Waals surface area contributed by atoms with Crippen LogP contribution in [0.5, 0.6) is 5.75 Å². The first-order valence-corrected chi connectivity index (χ1v) is 9.97. The summed E-state index contributed by atoms with van der Waals surface area (Å²) in [6, 6.07) is 9.54. The lowest BCUT2D eigenvalue weighted by atomic mass is 10.0. The SMILES string of the molecule is COc1cccc(C(=O)N2CCN(C(=O)C(NC(=O)c3ccco3)C(C)C)CC2)c1. The lowest BCUT2D eigenvalue weighted by Gasteiger charge is -2.37. The summed E-state index contributed by atoms with van der Waals surface area (Å²) >= 11 is 0. The lowest BCUT2D eigenvalue weighted by Crippen LogP contribution is -2.57. The van der Waals surface area contributed by atoms with E-state index >= 15 is 0 Å². The highest BCUT2D eigenvalue weighted by atomic mass is 16.5. The Balaban J connectivity index is 1.60. The Bertz CT molecular complexity index is 886. The number of hydrogen-bond donors (Lipinski definition) is 1. The van der Waals surface area contributed by atoms with Gasteiger partial charge in [0, 0.05) is 31.7 Å². The lowest BCUT2D eigenvalue weighted by molar-refractivity contribution is -0.135. The average Bonchev–Trinajstić information content (AvgIpc) is 3.31. The highest BCUT2D eigenvalue weighted by Gasteiger charge is 2.32. The largest absolute Gasteiger partial charge is 0.497 e. The van der Waals surface area contributed by atoms with E-state index in [2.05, 4.69) is 5.32 Å². The number of carbonyl (C=O) groups is 3. The van der Waals surface area contributed by atoms with Crippen molar-refractivity contribution in [3.05, 3.63) is 54.0 Å². The van der Waals surface area contributed by atoms with Crippen molar-refractivity contribution in [1.29, 1.82) is 0 Å². The van der Waals surface area contributed by atoms with Crippen LogP contribution < -0.4 is 10.1 Å². The molecule has 3 amide bonds. The molecule has 0 aliphatic carbocycles. The van der Waals surface area contributed by atoms with Crippen LogP contribution in [0.15, 0.2) is 47.1 Å². The van der Waals surface area contributed by atoms with E-state index in [1.165, 1.54) is 6.26 Å². The Kier molecular flexibility index (Phi) is 6.76.